The first kappa shape index (κ1) is 8.75. The van der Waals surface area contributed by atoms with E-state index < -0.39 is 0 Å². The lowest BCUT2D eigenvalue weighted by Gasteiger charge is -2.26. The molecule has 3 heteroatoms. The number of nitrogens with zero attached hydrogens (tertiary/aromatic N) is 1. The Labute approximate surface area is 78.8 Å². The van der Waals surface area contributed by atoms with Crippen LogP contribution in [0.15, 0.2) is 12.2 Å². The van der Waals surface area contributed by atoms with Crippen LogP contribution in [0.1, 0.15) is 12.8 Å². The van der Waals surface area contributed by atoms with Gasteiger partial charge in [-0.1, -0.05) is 6.08 Å². The highest BCUT2D eigenvalue weighted by Gasteiger charge is 2.19. The summed E-state index contributed by atoms with van der Waals surface area (Å²) in [6.45, 7) is 3.58. The lowest BCUT2D eigenvalue weighted by molar-refractivity contribution is -0.126. The molecular weight excluding hydrogens is 164 g/mol. The van der Waals surface area contributed by atoms with Gasteiger partial charge in [-0.2, -0.15) is 0 Å². The summed E-state index contributed by atoms with van der Waals surface area (Å²) >= 11 is 0. The molecule has 1 saturated carbocycles. The number of carbonyl (C=O) groups is 1. The molecule has 0 bridgehead atoms. The van der Waals surface area contributed by atoms with Crippen molar-refractivity contribution >= 4 is 5.91 Å². The Kier molecular flexibility index (Phi) is 2.64. The van der Waals surface area contributed by atoms with Crippen molar-refractivity contribution in [3.05, 3.63) is 12.2 Å². The van der Waals surface area contributed by atoms with Crippen LogP contribution in [0.2, 0.25) is 0 Å². The fraction of sp³-hybridized carbons (Fsp3) is 0.700. The van der Waals surface area contributed by atoms with Crippen LogP contribution < -0.4 is 5.32 Å². The summed E-state index contributed by atoms with van der Waals surface area (Å²) in [5.74, 6) is 0.889. The maximum absolute atomic E-state index is 11.5. The van der Waals surface area contributed by atoms with Crippen LogP contribution >= 0.6 is 0 Å². The summed E-state index contributed by atoms with van der Waals surface area (Å²) < 4.78 is 0. The molecular formula is C10H16N2O. The Morgan fingerprint density at radius 2 is 2.00 bits per heavy atom. The predicted octanol–water partition coefficient (Wildman–Crippen LogP) is 0.384. The van der Waals surface area contributed by atoms with Crippen molar-refractivity contribution in [3.63, 3.8) is 0 Å². The van der Waals surface area contributed by atoms with E-state index in [1.807, 2.05) is 4.90 Å². The third-order valence-electron chi connectivity index (χ3n) is 2.56. The van der Waals surface area contributed by atoms with Gasteiger partial charge < -0.3 is 10.2 Å². The van der Waals surface area contributed by atoms with Crippen LogP contribution in [0, 0.1) is 5.92 Å². The number of rotatable bonds is 2. The van der Waals surface area contributed by atoms with Crippen molar-refractivity contribution < 1.29 is 4.79 Å². The monoisotopic (exact) mass is 180 g/mol. The number of carbonyl (C=O) groups excluding carboxylic acids is 1. The summed E-state index contributed by atoms with van der Waals surface area (Å²) in [7, 11) is 0. The van der Waals surface area contributed by atoms with E-state index >= 15 is 0 Å². The van der Waals surface area contributed by atoms with Gasteiger partial charge in [0.05, 0.1) is 0 Å². The number of hydrogen-bond donors (Lipinski definition) is 1. The van der Waals surface area contributed by atoms with Crippen LogP contribution in [-0.2, 0) is 4.79 Å². The van der Waals surface area contributed by atoms with E-state index in [-0.39, 0.29) is 5.91 Å². The normalized spacial score (nSPS) is 23.8. The topological polar surface area (TPSA) is 32.3 Å². The fourth-order valence-electron chi connectivity index (χ4n) is 1.50. The minimum absolute atomic E-state index is 0.188. The fourth-order valence-corrected chi connectivity index (χ4v) is 1.50. The first-order valence-electron chi connectivity index (χ1n) is 5.04. The van der Waals surface area contributed by atoms with Crippen molar-refractivity contribution in [1.29, 1.82) is 0 Å². The average Bonchev–Trinajstić information content (AvgIpc) is 2.99. The first-order valence-corrected chi connectivity index (χ1v) is 5.04. The maximum atomic E-state index is 11.5. The van der Waals surface area contributed by atoms with Crippen LogP contribution in [0.5, 0.6) is 0 Å². The zero-order chi connectivity index (χ0) is 9.10. The number of piperazine rings is 1. The standard InChI is InChI=1S/C10H16N2O/c13-10(4-3-9-1-2-9)12-7-5-11-6-8-12/h3-4,9,11H,1-2,5-8H2. The van der Waals surface area contributed by atoms with E-state index in [1.165, 1.54) is 12.8 Å². The molecule has 1 aliphatic heterocycles. The van der Waals surface area contributed by atoms with Crippen molar-refractivity contribution in [1.82, 2.24) is 10.2 Å². The Hall–Kier alpha value is -0.830. The van der Waals surface area contributed by atoms with E-state index in [4.69, 9.17) is 0 Å². The summed E-state index contributed by atoms with van der Waals surface area (Å²) in [6.07, 6.45) is 6.35. The maximum Gasteiger partial charge on any atom is 0.246 e. The summed E-state index contributed by atoms with van der Waals surface area (Å²) in [6, 6.07) is 0. The predicted molar refractivity (Wildman–Crippen MR) is 51.3 cm³/mol. The van der Waals surface area contributed by atoms with Crippen molar-refractivity contribution in [2.75, 3.05) is 26.2 Å². The first-order chi connectivity index (χ1) is 6.36. The highest BCUT2D eigenvalue weighted by molar-refractivity contribution is 5.87. The van der Waals surface area contributed by atoms with Crippen LogP contribution in [0.3, 0.4) is 0 Å². The largest absolute Gasteiger partial charge is 0.337 e. The van der Waals surface area contributed by atoms with E-state index in [0.717, 1.165) is 26.2 Å². The lowest BCUT2D eigenvalue weighted by Crippen LogP contribution is -2.45. The molecule has 1 amide bonds. The zero-order valence-corrected chi connectivity index (χ0v) is 7.83. The number of amides is 1. The molecule has 3 nitrogen and oxygen atoms in total. The van der Waals surface area contributed by atoms with Gasteiger partial charge in [0.15, 0.2) is 0 Å². The zero-order valence-electron chi connectivity index (χ0n) is 7.83. The number of hydrogen-bond acceptors (Lipinski definition) is 2. The Balaban J connectivity index is 1.80. The molecule has 1 heterocycles. The second kappa shape index (κ2) is 3.92. The molecule has 0 radical (unpaired) electrons. The van der Waals surface area contributed by atoms with E-state index in [2.05, 4.69) is 11.4 Å². The Morgan fingerprint density at radius 1 is 1.31 bits per heavy atom. The molecule has 0 spiro atoms. The third-order valence-corrected chi connectivity index (χ3v) is 2.56. The van der Waals surface area contributed by atoms with Crippen LogP contribution in [-0.4, -0.2) is 37.0 Å². The molecule has 1 saturated heterocycles. The van der Waals surface area contributed by atoms with Crippen molar-refractivity contribution in [3.8, 4) is 0 Å². The summed E-state index contributed by atoms with van der Waals surface area (Å²) in [5, 5.41) is 3.23. The van der Waals surface area contributed by atoms with Gasteiger partial charge >= 0.3 is 0 Å². The minimum Gasteiger partial charge on any atom is -0.337 e. The Morgan fingerprint density at radius 3 is 2.62 bits per heavy atom. The van der Waals surface area contributed by atoms with Gasteiger partial charge in [-0.25, -0.2) is 0 Å². The molecule has 2 aliphatic rings. The third kappa shape index (κ3) is 2.56. The molecule has 1 N–H and O–H groups in total. The summed E-state index contributed by atoms with van der Waals surface area (Å²) in [4.78, 5) is 13.5. The lowest BCUT2D eigenvalue weighted by atomic mass is 10.3. The van der Waals surface area contributed by atoms with Gasteiger partial charge in [-0.3, -0.25) is 4.79 Å². The molecule has 0 atom stereocenters. The SMILES string of the molecule is O=C(C=CC1CC1)N1CCNCC1. The van der Waals surface area contributed by atoms with E-state index in [9.17, 15) is 4.79 Å². The van der Waals surface area contributed by atoms with Gasteiger partial charge in [0.1, 0.15) is 0 Å². The quantitative estimate of drug-likeness (QED) is 0.623. The molecule has 0 aromatic rings. The van der Waals surface area contributed by atoms with Gasteiger partial charge in [0.25, 0.3) is 0 Å². The molecule has 2 rings (SSSR count). The average molecular weight is 180 g/mol. The minimum atomic E-state index is 0.188. The number of nitrogens with one attached hydrogen (secondary N) is 1. The molecule has 0 aromatic carbocycles. The van der Waals surface area contributed by atoms with Crippen LogP contribution in [0.25, 0.3) is 0 Å². The molecule has 0 unspecified atom stereocenters. The van der Waals surface area contributed by atoms with Gasteiger partial charge in [0.2, 0.25) is 5.91 Å². The molecule has 72 valence electrons. The van der Waals surface area contributed by atoms with E-state index in [1.54, 1.807) is 6.08 Å². The second-order valence-electron chi connectivity index (χ2n) is 3.77. The molecule has 13 heavy (non-hydrogen) atoms. The van der Waals surface area contributed by atoms with Gasteiger partial charge in [-0.05, 0) is 24.8 Å². The summed E-state index contributed by atoms with van der Waals surface area (Å²) in [5.41, 5.74) is 0. The van der Waals surface area contributed by atoms with Gasteiger partial charge in [0, 0.05) is 26.2 Å². The Bertz CT molecular complexity index is 215. The molecule has 2 fully saturated rings. The number of allylic oxidation sites excluding steroid dienone is 1. The van der Waals surface area contributed by atoms with Gasteiger partial charge in [-0.15, -0.1) is 0 Å². The van der Waals surface area contributed by atoms with Crippen LogP contribution in [0.4, 0.5) is 0 Å². The smallest absolute Gasteiger partial charge is 0.246 e. The highest BCUT2D eigenvalue weighted by atomic mass is 16.2. The van der Waals surface area contributed by atoms with Crippen molar-refractivity contribution in [2.45, 2.75) is 12.8 Å². The highest BCUT2D eigenvalue weighted by Crippen LogP contribution is 2.29. The van der Waals surface area contributed by atoms with E-state index in [0.29, 0.717) is 5.92 Å². The molecule has 0 aromatic heterocycles. The second-order valence-corrected chi connectivity index (χ2v) is 3.77. The van der Waals surface area contributed by atoms with Crippen molar-refractivity contribution in [2.24, 2.45) is 5.92 Å². The molecule has 1 aliphatic carbocycles.